The molecular formula is C17H20N4O2. The van der Waals surface area contributed by atoms with E-state index in [1.54, 1.807) is 0 Å². The van der Waals surface area contributed by atoms with E-state index in [0.29, 0.717) is 23.3 Å². The number of nitrogens with zero attached hydrogens (tertiary/aromatic N) is 1. The lowest BCUT2D eigenvalue weighted by Gasteiger charge is -2.14. The zero-order chi connectivity index (χ0) is 16.6. The summed E-state index contributed by atoms with van der Waals surface area (Å²) in [5, 5.41) is 13.4. The third kappa shape index (κ3) is 2.79. The number of hydrogen-bond acceptors (Lipinski definition) is 3. The summed E-state index contributed by atoms with van der Waals surface area (Å²) in [4.78, 5) is 18.2. The standard InChI is InChI=1S/C17H20N4O2/c1-10(2)7-15-17(22)20-14(16(18)21(15)23)8-11-9-19-13-6-4-3-5-12(11)13/h3-6,9-10,19H,7-8,18H2,1-2H3,(H,20,22). The summed E-state index contributed by atoms with van der Waals surface area (Å²) in [6.07, 6.45) is 2.67. The second kappa shape index (κ2) is 5.79. The van der Waals surface area contributed by atoms with E-state index in [0.717, 1.165) is 16.5 Å². The van der Waals surface area contributed by atoms with E-state index in [9.17, 15) is 10.0 Å². The Morgan fingerprint density at radius 1 is 1.30 bits per heavy atom. The molecule has 6 nitrogen and oxygen atoms in total. The van der Waals surface area contributed by atoms with E-state index in [4.69, 9.17) is 5.73 Å². The van der Waals surface area contributed by atoms with Gasteiger partial charge in [-0.2, -0.15) is 0 Å². The van der Waals surface area contributed by atoms with Crippen molar-refractivity contribution < 1.29 is 4.73 Å². The lowest BCUT2D eigenvalue weighted by molar-refractivity contribution is -0.601. The fourth-order valence-electron chi connectivity index (χ4n) is 2.80. The van der Waals surface area contributed by atoms with Crippen LogP contribution in [0.2, 0.25) is 0 Å². The van der Waals surface area contributed by atoms with Crippen LogP contribution in [0.1, 0.15) is 30.8 Å². The van der Waals surface area contributed by atoms with Gasteiger partial charge in [-0.25, -0.2) is 4.73 Å². The van der Waals surface area contributed by atoms with Crippen molar-refractivity contribution in [2.24, 2.45) is 5.92 Å². The van der Waals surface area contributed by atoms with Gasteiger partial charge in [0.25, 0.3) is 11.4 Å². The first kappa shape index (κ1) is 15.1. The molecule has 4 N–H and O–H groups in total. The highest BCUT2D eigenvalue weighted by Crippen LogP contribution is 2.21. The van der Waals surface area contributed by atoms with Crippen LogP contribution in [0.15, 0.2) is 35.3 Å². The first-order valence-corrected chi connectivity index (χ1v) is 7.65. The van der Waals surface area contributed by atoms with Gasteiger partial charge in [0.15, 0.2) is 5.69 Å². The number of anilines is 1. The van der Waals surface area contributed by atoms with Gasteiger partial charge in [-0.3, -0.25) is 10.5 Å². The van der Waals surface area contributed by atoms with E-state index in [-0.39, 0.29) is 23.0 Å². The number of H-pyrrole nitrogens is 2. The number of aromatic amines is 2. The lowest BCUT2D eigenvalue weighted by Crippen LogP contribution is -2.44. The number of nitrogen functional groups attached to an aromatic ring is 1. The van der Waals surface area contributed by atoms with Gasteiger partial charge in [-0.1, -0.05) is 32.0 Å². The molecule has 0 saturated heterocycles. The molecule has 0 saturated carbocycles. The van der Waals surface area contributed by atoms with Crippen molar-refractivity contribution >= 4 is 16.7 Å². The van der Waals surface area contributed by atoms with Crippen LogP contribution in [0.25, 0.3) is 10.9 Å². The van der Waals surface area contributed by atoms with Crippen LogP contribution < -0.4 is 16.0 Å². The molecule has 6 heteroatoms. The third-order valence-corrected chi connectivity index (χ3v) is 3.94. The Hall–Kier alpha value is -2.76. The number of para-hydroxylation sites is 1. The summed E-state index contributed by atoms with van der Waals surface area (Å²) in [6, 6.07) is 7.87. The molecule has 0 spiro atoms. The summed E-state index contributed by atoms with van der Waals surface area (Å²) < 4.78 is 0.572. The van der Waals surface area contributed by atoms with Gasteiger partial charge >= 0.3 is 0 Å². The van der Waals surface area contributed by atoms with E-state index < -0.39 is 0 Å². The molecule has 3 rings (SSSR count). The molecule has 2 heterocycles. The second-order valence-electron chi connectivity index (χ2n) is 6.19. The molecule has 0 aliphatic rings. The zero-order valence-electron chi connectivity index (χ0n) is 13.2. The normalized spacial score (nSPS) is 11.4. The second-order valence-corrected chi connectivity index (χ2v) is 6.19. The van der Waals surface area contributed by atoms with Gasteiger partial charge in [-0.15, -0.1) is 0 Å². The van der Waals surface area contributed by atoms with Crippen molar-refractivity contribution in [3.8, 4) is 0 Å². The minimum atomic E-state index is -0.363. The first-order valence-electron chi connectivity index (χ1n) is 7.65. The number of nitrogens with one attached hydrogen (secondary N) is 2. The highest BCUT2D eigenvalue weighted by molar-refractivity contribution is 5.83. The predicted molar refractivity (Wildman–Crippen MR) is 90.1 cm³/mol. The molecule has 1 aromatic carbocycles. The molecule has 3 aromatic rings. The Morgan fingerprint density at radius 2 is 2.04 bits per heavy atom. The summed E-state index contributed by atoms with van der Waals surface area (Å²) in [7, 11) is 0. The maximum Gasteiger partial charge on any atom is 0.295 e. The molecule has 23 heavy (non-hydrogen) atoms. The summed E-state index contributed by atoms with van der Waals surface area (Å²) in [5.74, 6) is 0.265. The Balaban J connectivity index is 2.02. The average molecular weight is 312 g/mol. The molecule has 0 radical (unpaired) electrons. The smallest absolute Gasteiger partial charge is 0.295 e. The fourth-order valence-corrected chi connectivity index (χ4v) is 2.80. The highest BCUT2D eigenvalue weighted by atomic mass is 16.5. The molecule has 0 unspecified atom stereocenters. The SMILES string of the molecule is CC(C)Cc1c(=O)[nH]c(Cc2c[nH]c3ccccc23)c(N)[n+]1[O-]. The molecule has 0 bridgehead atoms. The topological polar surface area (TPSA) is 102 Å². The Kier molecular flexibility index (Phi) is 3.82. The van der Waals surface area contributed by atoms with Crippen molar-refractivity contribution in [1.29, 1.82) is 0 Å². The Labute approximate surface area is 133 Å². The minimum Gasteiger partial charge on any atom is -0.710 e. The van der Waals surface area contributed by atoms with Gasteiger partial charge in [0.1, 0.15) is 5.69 Å². The Morgan fingerprint density at radius 3 is 2.78 bits per heavy atom. The van der Waals surface area contributed by atoms with Crippen LogP contribution in [-0.4, -0.2) is 9.97 Å². The van der Waals surface area contributed by atoms with E-state index in [2.05, 4.69) is 9.97 Å². The molecule has 2 aromatic heterocycles. The number of benzene rings is 1. The number of hydrogen-bond donors (Lipinski definition) is 3. The van der Waals surface area contributed by atoms with E-state index in [1.165, 1.54) is 0 Å². The maximum atomic E-state index is 12.3. The minimum absolute atomic E-state index is 0.0607. The maximum absolute atomic E-state index is 12.3. The molecule has 0 fully saturated rings. The number of nitrogens with two attached hydrogens (primary N) is 1. The Bertz CT molecular complexity index is 909. The fraction of sp³-hybridized carbons (Fsp3) is 0.294. The molecule has 0 atom stereocenters. The van der Waals surface area contributed by atoms with E-state index in [1.807, 2.05) is 44.3 Å². The number of aromatic nitrogens is 3. The third-order valence-electron chi connectivity index (χ3n) is 3.94. The van der Waals surface area contributed by atoms with Crippen LogP contribution in [-0.2, 0) is 12.8 Å². The van der Waals surface area contributed by atoms with Crippen molar-refractivity contribution in [1.82, 2.24) is 9.97 Å². The first-order chi connectivity index (χ1) is 11.0. The average Bonchev–Trinajstić information content (AvgIpc) is 2.92. The number of fused-ring (bicyclic) bond motifs is 1. The molecule has 120 valence electrons. The van der Waals surface area contributed by atoms with Gasteiger partial charge in [0.05, 0.1) is 0 Å². The molecular weight excluding hydrogens is 292 g/mol. The summed E-state index contributed by atoms with van der Waals surface area (Å²) in [6.45, 7) is 3.91. The lowest BCUT2D eigenvalue weighted by atomic mass is 10.1. The van der Waals surface area contributed by atoms with E-state index >= 15 is 0 Å². The summed E-state index contributed by atoms with van der Waals surface area (Å²) in [5.41, 5.74) is 8.20. The van der Waals surface area contributed by atoms with Crippen molar-refractivity contribution in [2.75, 3.05) is 5.73 Å². The monoisotopic (exact) mass is 312 g/mol. The van der Waals surface area contributed by atoms with Crippen molar-refractivity contribution in [2.45, 2.75) is 26.7 Å². The van der Waals surface area contributed by atoms with Gasteiger partial charge in [-0.05, 0) is 17.5 Å². The summed E-state index contributed by atoms with van der Waals surface area (Å²) >= 11 is 0. The molecule has 0 amide bonds. The zero-order valence-corrected chi connectivity index (χ0v) is 13.2. The van der Waals surface area contributed by atoms with Crippen LogP contribution >= 0.6 is 0 Å². The predicted octanol–water partition coefficient (Wildman–Crippen LogP) is 1.86. The van der Waals surface area contributed by atoms with Gasteiger partial charge in [0, 0.05) is 29.9 Å². The number of rotatable bonds is 4. The van der Waals surface area contributed by atoms with Gasteiger partial charge < -0.3 is 15.2 Å². The largest absolute Gasteiger partial charge is 0.710 e. The van der Waals surface area contributed by atoms with Crippen LogP contribution in [0.4, 0.5) is 5.82 Å². The van der Waals surface area contributed by atoms with Crippen molar-refractivity contribution in [3.05, 3.63) is 63.0 Å². The van der Waals surface area contributed by atoms with Crippen LogP contribution in [0, 0.1) is 11.1 Å². The van der Waals surface area contributed by atoms with Gasteiger partial charge in [0.2, 0.25) is 0 Å². The molecule has 0 aliphatic carbocycles. The van der Waals surface area contributed by atoms with Crippen molar-refractivity contribution in [3.63, 3.8) is 0 Å². The highest BCUT2D eigenvalue weighted by Gasteiger charge is 2.18. The van der Waals surface area contributed by atoms with Crippen LogP contribution in [0.5, 0.6) is 0 Å². The molecule has 0 aliphatic heterocycles. The quantitative estimate of drug-likeness (QED) is 0.506. The van der Waals surface area contributed by atoms with Crippen LogP contribution in [0.3, 0.4) is 0 Å².